The number of ether oxygens (including phenoxy) is 1. The van der Waals surface area contributed by atoms with Crippen molar-refractivity contribution in [3.05, 3.63) is 47.5 Å². The summed E-state index contributed by atoms with van der Waals surface area (Å²) in [5.74, 6) is 0.109. The number of hydrogen-bond donors (Lipinski definition) is 2. The standard InChI is InChI=1S/C19H25N3O4S/c1-5-22(6-2)27(24,25)15-9-7-13(3)16(12-15)19(23)21-18-11-14(26-4)8-10-17(18)20/h7-12H,5-6,20H2,1-4H3,(H,21,23). The third-order valence-electron chi connectivity index (χ3n) is 4.31. The number of carbonyl (C=O) groups is 1. The van der Waals surface area contributed by atoms with Crippen LogP contribution in [0.4, 0.5) is 11.4 Å². The first-order valence-electron chi connectivity index (χ1n) is 8.60. The van der Waals surface area contributed by atoms with Gasteiger partial charge in [-0.3, -0.25) is 4.79 Å². The number of rotatable bonds is 7. The van der Waals surface area contributed by atoms with Crippen LogP contribution in [0.2, 0.25) is 0 Å². The third-order valence-corrected chi connectivity index (χ3v) is 6.35. The molecule has 3 N–H and O–H groups in total. The second kappa shape index (κ2) is 8.41. The molecule has 0 bridgehead atoms. The van der Waals surface area contributed by atoms with Crippen LogP contribution in [0.3, 0.4) is 0 Å². The van der Waals surface area contributed by atoms with E-state index in [0.29, 0.717) is 35.8 Å². The lowest BCUT2D eigenvalue weighted by atomic mass is 10.1. The summed E-state index contributed by atoms with van der Waals surface area (Å²) >= 11 is 0. The lowest BCUT2D eigenvalue weighted by Gasteiger charge is -2.19. The minimum absolute atomic E-state index is 0.0839. The molecule has 2 aromatic carbocycles. The first-order valence-corrected chi connectivity index (χ1v) is 10.0. The van der Waals surface area contributed by atoms with E-state index >= 15 is 0 Å². The molecule has 8 heteroatoms. The molecule has 2 aromatic rings. The Hall–Kier alpha value is -2.58. The highest BCUT2D eigenvalue weighted by Crippen LogP contribution is 2.26. The summed E-state index contributed by atoms with van der Waals surface area (Å²) in [4.78, 5) is 12.8. The van der Waals surface area contributed by atoms with Crippen LogP contribution >= 0.6 is 0 Å². The summed E-state index contributed by atoms with van der Waals surface area (Å²) in [5.41, 5.74) is 7.62. The Morgan fingerprint density at radius 3 is 2.41 bits per heavy atom. The van der Waals surface area contributed by atoms with Gasteiger partial charge in [-0.15, -0.1) is 0 Å². The van der Waals surface area contributed by atoms with E-state index in [1.807, 2.05) is 0 Å². The van der Waals surface area contributed by atoms with Gasteiger partial charge in [-0.2, -0.15) is 4.31 Å². The molecule has 0 saturated carbocycles. The first kappa shape index (κ1) is 20.7. The van der Waals surface area contributed by atoms with Crippen molar-refractivity contribution in [3.63, 3.8) is 0 Å². The maximum atomic E-state index is 12.8. The Labute approximate surface area is 160 Å². The third kappa shape index (κ3) is 4.40. The van der Waals surface area contributed by atoms with Crippen LogP contribution in [0.25, 0.3) is 0 Å². The van der Waals surface area contributed by atoms with Crippen molar-refractivity contribution >= 4 is 27.3 Å². The Bertz CT molecular complexity index is 938. The molecular formula is C19H25N3O4S. The van der Waals surface area contributed by atoms with E-state index in [0.717, 1.165) is 0 Å². The number of nitrogens with two attached hydrogens (primary N) is 1. The smallest absolute Gasteiger partial charge is 0.256 e. The van der Waals surface area contributed by atoms with E-state index < -0.39 is 15.9 Å². The van der Waals surface area contributed by atoms with Crippen LogP contribution < -0.4 is 15.8 Å². The van der Waals surface area contributed by atoms with Gasteiger partial charge in [0, 0.05) is 24.7 Å². The first-order chi connectivity index (χ1) is 12.7. The van der Waals surface area contributed by atoms with Crippen molar-refractivity contribution < 1.29 is 17.9 Å². The highest BCUT2D eigenvalue weighted by molar-refractivity contribution is 7.89. The van der Waals surface area contributed by atoms with Gasteiger partial charge in [-0.25, -0.2) is 8.42 Å². The van der Waals surface area contributed by atoms with E-state index in [9.17, 15) is 13.2 Å². The van der Waals surface area contributed by atoms with Crippen LogP contribution in [0.5, 0.6) is 5.75 Å². The van der Waals surface area contributed by atoms with Gasteiger partial charge in [-0.1, -0.05) is 19.9 Å². The fourth-order valence-corrected chi connectivity index (χ4v) is 4.16. The normalized spacial score (nSPS) is 11.4. The minimum atomic E-state index is -3.66. The number of carbonyl (C=O) groups excluding carboxylic acids is 1. The van der Waals surface area contributed by atoms with Crippen molar-refractivity contribution in [2.24, 2.45) is 0 Å². The van der Waals surface area contributed by atoms with Crippen molar-refractivity contribution in [2.75, 3.05) is 31.2 Å². The number of sulfonamides is 1. The summed E-state index contributed by atoms with van der Waals surface area (Å²) in [5, 5.41) is 2.73. The Morgan fingerprint density at radius 1 is 1.15 bits per heavy atom. The predicted molar refractivity (Wildman–Crippen MR) is 107 cm³/mol. The molecule has 0 atom stereocenters. The zero-order chi connectivity index (χ0) is 20.2. The number of amides is 1. The molecule has 2 rings (SSSR count). The SMILES string of the molecule is CCN(CC)S(=O)(=O)c1ccc(C)c(C(=O)Nc2cc(OC)ccc2N)c1. The summed E-state index contributed by atoms with van der Waals surface area (Å²) in [6.07, 6.45) is 0. The van der Waals surface area contributed by atoms with E-state index in [2.05, 4.69) is 5.32 Å². The quantitative estimate of drug-likeness (QED) is 0.707. The average molecular weight is 391 g/mol. The monoisotopic (exact) mass is 391 g/mol. The Balaban J connectivity index is 2.40. The van der Waals surface area contributed by atoms with Crippen molar-refractivity contribution in [1.29, 1.82) is 0 Å². The molecule has 0 aromatic heterocycles. The second-order valence-electron chi connectivity index (χ2n) is 5.97. The van der Waals surface area contributed by atoms with E-state index in [1.54, 1.807) is 45.0 Å². The number of methoxy groups -OCH3 is 1. The number of nitrogens with zero attached hydrogens (tertiary/aromatic N) is 1. The molecule has 0 spiro atoms. The lowest BCUT2D eigenvalue weighted by Crippen LogP contribution is -2.30. The Morgan fingerprint density at radius 2 is 1.81 bits per heavy atom. The predicted octanol–water partition coefficient (Wildman–Crippen LogP) is 2.87. The van der Waals surface area contributed by atoms with Crippen molar-refractivity contribution in [2.45, 2.75) is 25.7 Å². The average Bonchev–Trinajstić information content (AvgIpc) is 2.64. The van der Waals surface area contributed by atoms with Gasteiger partial charge in [0.15, 0.2) is 0 Å². The zero-order valence-corrected chi connectivity index (χ0v) is 16.8. The second-order valence-corrected chi connectivity index (χ2v) is 7.91. The maximum Gasteiger partial charge on any atom is 0.256 e. The van der Waals surface area contributed by atoms with Gasteiger partial charge >= 0.3 is 0 Å². The number of benzene rings is 2. The van der Waals surface area contributed by atoms with Gasteiger partial charge in [0.2, 0.25) is 10.0 Å². The molecule has 0 fully saturated rings. The molecule has 0 aliphatic rings. The molecule has 0 aliphatic heterocycles. The summed E-state index contributed by atoms with van der Waals surface area (Å²) in [7, 11) is -2.14. The van der Waals surface area contributed by atoms with Crippen molar-refractivity contribution in [1.82, 2.24) is 4.31 Å². The molecular weight excluding hydrogens is 366 g/mol. The van der Waals surface area contributed by atoms with Crippen LogP contribution in [-0.4, -0.2) is 38.8 Å². The fourth-order valence-electron chi connectivity index (χ4n) is 2.68. The van der Waals surface area contributed by atoms with Crippen LogP contribution in [-0.2, 0) is 10.0 Å². The van der Waals surface area contributed by atoms with E-state index in [-0.39, 0.29) is 10.5 Å². The molecule has 27 heavy (non-hydrogen) atoms. The summed E-state index contributed by atoms with van der Waals surface area (Å²) < 4.78 is 32.0. The highest BCUT2D eigenvalue weighted by Gasteiger charge is 2.23. The molecule has 0 unspecified atom stereocenters. The van der Waals surface area contributed by atoms with Crippen LogP contribution in [0, 0.1) is 6.92 Å². The van der Waals surface area contributed by atoms with Gasteiger partial charge in [0.1, 0.15) is 5.75 Å². The number of anilines is 2. The molecule has 0 radical (unpaired) electrons. The van der Waals surface area contributed by atoms with E-state index in [4.69, 9.17) is 10.5 Å². The minimum Gasteiger partial charge on any atom is -0.497 e. The lowest BCUT2D eigenvalue weighted by molar-refractivity contribution is 0.102. The fraction of sp³-hybridized carbons (Fsp3) is 0.316. The summed E-state index contributed by atoms with van der Waals surface area (Å²) in [6, 6.07) is 9.46. The van der Waals surface area contributed by atoms with Gasteiger partial charge in [0.25, 0.3) is 5.91 Å². The number of nitrogens with one attached hydrogen (secondary N) is 1. The highest BCUT2D eigenvalue weighted by atomic mass is 32.2. The topological polar surface area (TPSA) is 102 Å². The molecule has 1 amide bonds. The largest absolute Gasteiger partial charge is 0.497 e. The summed E-state index contributed by atoms with van der Waals surface area (Å²) in [6.45, 7) is 6.00. The maximum absolute atomic E-state index is 12.8. The Kier molecular flexibility index (Phi) is 6.45. The zero-order valence-electron chi connectivity index (χ0n) is 15.9. The van der Waals surface area contributed by atoms with Crippen LogP contribution in [0.15, 0.2) is 41.3 Å². The molecule has 0 aliphatic carbocycles. The number of hydrogen-bond acceptors (Lipinski definition) is 5. The molecule has 7 nitrogen and oxygen atoms in total. The van der Waals surface area contributed by atoms with Crippen molar-refractivity contribution in [3.8, 4) is 5.75 Å². The number of nitrogen functional groups attached to an aromatic ring is 1. The van der Waals surface area contributed by atoms with Gasteiger partial charge < -0.3 is 15.8 Å². The number of aryl methyl sites for hydroxylation is 1. The molecule has 0 saturated heterocycles. The molecule has 0 heterocycles. The molecule has 146 valence electrons. The van der Waals surface area contributed by atoms with Crippen LogP contribution in [0.1, 0.15) is 29.8 Å². The van der Waals surface area contributed by atoms with Gasteiger partial charge in [0.05, 0.1) is 23.4 Å². The van der Waals surface area contributed by atoms with E-state index in [1.165, 1.54) is 23.5 Å². The van der Waals surface area contributed by atoms with Gasteiger partial charge in [-0.05, 0) is 36.8 Å².